The summed E-state index contributed by atoms with van der Waals surface area (Å²) < 4.78 is 43.0. The summed E-state index contributed by atoms with van der Waals surface area (Å²) in [7, 11) is 0. The van der Waals surface area contributed by atoms with Gasteiger partial charge in [0, 0.05) is 5.56 Å². The third-order valence-electron chi connectivity index (χ3n) is 7.20. The predicted octanol–water partition coefficient (Wildman–Crippen LogP) is 4.10. The number of esters is 3. The molecule has 208 valence electrons. The molecule has 8 nitrogen and oxygen atoms in total. The second-order valence-corrected chi connectivity index (χ2v) is 10.5. The Bertz CT molecular complexity index is 1560. The van der Waals surface area contributed by atoms with Crippen LogP contribution in [-0.4, -0.2) is 47.9 Å². The summed E-state index contributed by atoms with van der Waals surface area (Å²) in [4.78, 5) is 38.9. The first-order chi connectivity index (χ1) is 19.7. The zero-order valence-corrected chi connectivity index (χ0v) is 22.1. The molecule has 6 unspecified atom stereocenters. The van der Waals surface area contributed by atoms with Crippen LogP contribution in [0.5, 0.6) is 11.5 Å². The Hall–Kier alpha value is -4.68. The van der Waals surface area contributed by atoms with Crippen molar-refractivity contribution in [2.24, 2.45) is 11.8 Å². The lowest BCUT2D eigenvalue weighted by atomic mass is 9.78. The smallest absolute Gasteiger partial charge is 0.338 e. The van der Waals surface area contributed by atoms with Crippen molar-refractivity contribution in [3.05, 3.63) is 95.8 Å². The molecule has 3 aliphatic rings. The molecule has 41 heavy (non-hydrogen) atoms. The lowest BCUT2D eigenvalue weighted by Crippen LogP contribution is -2.48. The Morgan fingerprint density at radius 1 is 0.927 bits per heavy atom. The summed E-state index contributed by atoms with van der Waals surface area (Å²) in [6.45, 7) is 3.36. The molecule has 2 bridgehead atoms. The van der Waals surface area contributed by atoms with Crippen molar-refractivity contribution in [1.82, 2.24) is 0 Å². The second-order valence-electron chi connectivity index (χ2n) is 10.5. The number of carbonyl (C=O) groups is 3. The largest absolute Gasteiger partial charge is 0.472 e. The van der Waals surface area contributed by atoms with Crippen LogP contribution in [-0.2, 0) is 23.8 Å². The number of rotatable bonds is 6. The lowest BCUT2D eigenvalue weighted by molar-refractivity contribution is -0.149. The molecule has 6 atom stereocenters. The monoisotopic (exact) mass is 556 g/mol. The minimum atomic E-state index is -1.09. The van der Waals surface area contributed by atoms with Crippen LogP contribution in [0.2, 0.25) is 0 Å². The minimum absolute atomic E-state index is 0.000257. The van der Waals surface area contributed by atoms with E-state index in [4.69, 9.17) is 23.7 Å². The molecule has 0 saturated carbocycles. The highest BCUT2D eigenvalue weighted by Crippen LogP contribution is 2.51. The zero-order chi connectivity index (χ0) is 28.7. The fourth-order valence-electron chi connectivity index (χ4n) is 5.36. The van der Waals surface area contributed by atoms with Gasteiger partial charge in [-0.3, -0.25) is 9.59 Å². The van der Waals surface area contributed by atoms with Crippen LogP contribution < -0.4 is 9.47 Å². The van der Waals surface area contributed by atoms with Crippen LogP contribution in [0.15, 0.2) is 78.9 Å². The van der Waals surface area contributed by atoms with Crippen molar-refractivity contribution in [2.75, 3.05) is 0 Å². The first-order valence-electron chi connectivity index (χ1n) is 13.1. The van der Waals surface area contributed by atoms with E-state index in [9.17, 15) is 18.8 Å². The molecular weight excluding hydrogens is 531 g/mol. The quantitative estimate of drug-likeness (QED) is 0.254. The lowest BCUT2D eigenvalue weighted by Gasteiger charge is -2.27. The normalized spacial score (nSPS) is 25.6. The van der Waals surface area contributed by atoms with Crippen molar-refractivity contribution in [3.8, 4) is 23.3 Å². The van der Waals surface area contributed by atoms with Crippen molar-refractivity contribution >= 4 is 17.9 Å². The number of fused-ring (bicyclic) bond motifs is 1. The van der Waals surface area contributed by atoms with Crippen molar-refractivity contribution < 1.29 is 42.5 Å². The van der Waals surface area contributed by atoms with Gasteiger partial charge in [-0.25, -0.2) is 9.18 Å². The van der Waals surface area contributed by atoms with Gasteiger partial charge in [0.1, 0.15) is 29.8 Å². The Labute approximate surface area is 235 Å². The number of hydrogen-bond donors (Lipinski definition) is 0. The average Bonchev–Trinajstić information content (AvgIpc) is 3.58. The van der Waals surface area contributed by atoms with Crippen LogP contribution in [0.3, 0.4) is 0 Å². The van der Waals surface area contributed by atoms with Gasteiger partial charge in [0.2, 0.25) is 0 Å². The molecule has 9 heteroatoms. The molecule has 0 aliphatic carbocycles. The van der Waals surface area contributed by atoms with Crippen molar-refractivity contribution in [1.29, 1.82) is 0 Å². The van der Waals surface area contributed by atoms with Gasteiger partial charge in [-0.1, -0.05) is 48.2 Å². The molecule has 0 N–H and O–H groups in total. The molecule has 3 heterocycles. The molecule has 0 radical (unpaired) electrons. The summed E-state index contributed by atoms with van der Waals surface area (Å²) in [5.74, 6) is 1.44. The van der Waals surface area contributed by atoms with Crippen LogP contribution >= 0.6 is 0 Å². The number of carbonyl (C=O) groups excluding carboxylic acids is 3. The number of benzene rings is 3. The summed E-state index contributed by atoms with van der Waals surface area (Å²) in [6, 6.07) is 21.3. The third-order valence-corrected chi connectivity index (χ3v) is 7.20. The number of halogens is 1. The number of hydrogen-bond acceptors (Lipinski definition) is 8. The van der Waals surface area contributed by atoms with E-state index in [1.165, 1.54) is 12.1 Å². The molecular formula is C32H25FO8. The average molecular weight is 557 g/mol. The van der Waals surface area contributed by atoms with Crippen LogP contribution in [0.4, 0.5) is 4.39 Å². The van der Waals surface area contributed by atoms with Gasteiger partial charge in [0.05, 0.1) is 5.56 Å². The van der Waals surface area contributed by atoms with Gasteiger partial charge in [0.25, 0.3) is 0 Å². The molecule has 0 aromatic heterocycles. The van der Waals surface area contributed by atoms with E-state index in [1.54, 1.807) is 44.2 Å². The predicted molar refractivity (Wildman–Crippen MR) is 141 cm³/mol. The molecule has 0 spiro atoms. The van der Waals surface area contributed by atoms with Crippen molar-refractivity contribution in [2.45, 2.75) is 43.9 Å². The highest BCUT2D eigenvalue weighted by Gasteiger charge is 2.72. The number of ether oxygens (including phenoxy) is 5. The van der Waals surface area contributed by atoms with Gasteiger partial charge in [0.15, 0.2) is 29.4 Å². The topological polar surface area (TPSA) is 97.4 Å². The molecule has 3 aromatic carbocycles. The van der Waals surface area contributed by atoms with E-state index in [1.807, 2.05) is 30.3 Å². The molecule has 3 saturated heterocycles. The maximum Gasteiger partial charge on any atom is 0.338 e. The van der Waals surface area contributed by atoms with Gasteiger partial charge < -0.3 is 23.7 Å². The summed E-state index contributed by atoms with van der Waals surface area (Å²) in [6.07, 6.45) is -3.59. The highest BCUT2D eigenvalue weighted by atomic mass is 19.1. The van der Waals surface area contributed by atoms with Crippen LogP contribution in [0.25, 0.3) is 0 Å². The minimum Gasteiger partial charge on any atom is -0.472 e. The standard InChI is InChI=1S/C32H25FO8/c1-32(2,16-15-18-9-5-3-6-10-18)41-22-17-19(13-14-21(22)33)29(34)39-27-25-23(24-26(38-25)28(27)40-31(24)36)30(35)37-20-11-7-4-8-12-20/h3-14,17,23-28H,1-2H3. The maximum atomic E-state index is 14.7. The summed E-state index contributed by atoms with van der Waals surface area (Å²) in [5, 5.41) is 0. The van der Waals surface area contributed by atoms with E-state index in [0.717, 1.165) is 11.6 Å². The van der Waals surface area contributed by atoms with E-state index in [0.29, 0.717) is 5.75 Å². The molecule has 3 aliphatic heterocycles. The SMILES string of the molecule is CC(C)(C#Cc1ccccc1)Oc1cc(C(=O)OC2C3OC(=O)C4C3OC2C4C(=O)Oc2ccccc2)ccc1F. The van der Waals surface area contributed by atoms with E-state index in [2.05, 4.69) is 11.8 Å². The zero-order valence-electron chi connectivity index (χ0n) is 22.1. The van der Waals surface area contributed by atoms with Crippen molar-refractivity contribution in [3.63, 3.8) is 0 Å². The molecule has 3 fully saturated rings. The van der Waals surface area contributed by atoms with Gasteiger partial charge in [-0.15, -0.1) is 0 Å². The fourth-order valence-corrected chi connectivity index (χ4v) is 5.36. The van der Waals surface area contributed by atoms with E-state index < -0.39 is 65.6 Å². The summed E-state index contributed by atoms with van der Waals surface area (Å²) in [5.41, 5.74) is -0.312. The first-order valence-corrected chi connectivity index (χ1v) is 13.1. The van der Waals surface area contributed by atoms with E-state index in [-0.39, 0.29) is 11.3 Å². The van der Waals surface area contributed by atoms with Gasteiger partial charge in [-0.2, -0.15) is 0 Å². The first kappa shape index (κ1) is 26.5. The molecule has 3 aromatic rings. The Morgan fingerprint density at radius 3 is 2.37 bits per heavy atom. The van der Waals surface area contributed by atoms with Crippen LogP contribution in [0, 0.1) is 29.5 Å². The van der Waals surface area contributed by atoms with Gasteiger partial charge in [-0.05, 0) is 56.3 Å². The molecule has 6 rings (SSSR count). The maximum absolute atomic E-state index is 14.7. The molecule has 0 amide bonds. The highest BCUT2D eigenvalue weighted by molar-refractivity contribution is 5.91. The fraction of sp³-hybridized carbons (Fsp3) is 0.281. The second kappa shape index (κ2) is 10.4. The Kier molecular flexibility index (Phi) is 6.72. The Morgan fingerprint density at radius 2 is 1.63 bits per heavy atom. The number of para-hydroxylation sites is 1. The summed E-state index contributed by atoms with van der Waals surface area (Å²) >= 11 is 0. The Balaban J connectivity index is 1.18. The van der Waals surface area contributed by atoms with Crippen LogP contribution in [0.1, 0.15) is 29.8 Å². The third kappa shape index (κ3) is 5.14. The van der Waals surface area contributed by atoms with E-state index >= 15 is 0 Å². The van der Waals surface area contributed by atoms with Gasteiger partial charge >= 0.3 is 17.9 Å².